The van der Waals surface area contributed by atoms with Crippen LogP contribution >= 0.6 is 11.6 Å². The number of aliphatic hydroxyl groups excluding tert-OH is 1. The van der Waals surface area contributed by atoms with E-state index in [0.29, 0.717) is 22.6 Å². The Morgan fingerprint density at radius 2 is 1.65 bits per heavy atom. The van der Waals surface area contributed by atoms with Crippen molar-refractivity contribution in [3.05, 3.63) is 100 Å². The molecule has 2 unspecified atom stereocenters. The highest BCUT2D eigenvalue weighted by atomic mass is 35.5. The maximum absolute atomic E-state index is 12.8. The lowest BCUT2D eigenvalue weighted by Crippen LogP contribution is -2.28. The Morgan fingerprint density at radius 3 is 2.38 bits per heavy atom. The van der Waals surface area contributed by atoms with Crippen molar-refractivity contribution in [2.75, 3.05) is 5.32 Å². The van der Waals surface area contributed by atoms with Gasteiger partial charge in [0.25, 0.3) is 0 Å². The van der Waals surface area contributed by atoms with Crippen LogP contribution in [-0.2, 0) is 0 Å². The van der Waals surface area contributed by atoms with Crippen molar-refractivity contribution in [2.24, 2.45) is 0 Å². The molecule has 0 spiro atoms. The summed E-state index contributed by atoms with van der Waals surface area (Å²) in [4.78, 5) is 12.8. The van der Waals surface area contributed by atoms with E-state index in [9.17, 15) is 9.90 Å². The molecule has 3 nitrogen and oxygen atoms in total. The van der Waals surface area contributed by atoms with Crippen LogP contribution in [0.15, 0.2) is 72.8 Å². The van der Waals surface area contributed by atoms with Crippen molar-refractivity contribution >= 4 is 23.1 Å². The number of ketones is 1. The number of anilines is 1. The second kappa shape index (κ2) is 6.94. The van der Waals surface area contributed by atoms with E-state index < -0.39 is 6.23 Å². The van der Waals surface area contributed by atoms with Crippen LogP contribution in [0.5, 0.6) is 0 Å². The smallest absolute Gasteiger partial charge is 0.193 e. The monoisotopic (exact) mass is 363 g/mol. The zero-order valence-corrected chi connectivity index (χ0v) is 14.8. The van der Waals surface area contributed by atoms with Gasteiger partial charge in [-0.05, 0) is 53.6 Å². The van der Waals surface area contributed by atoms with Gasteiger partial charge in [0, 0.05) is 34.2 Å². The third kappa shape index (κ3) is 3.24. The first-order chi connectivity index (χ1) is 12.6. The van der Waals surface area contributed by atoms with Crippen molar-refractivity contribution < 1.29 is 9.90 Å². The minimum Gasteiger partial charge on any atom is -0.374 e. The number of benzene rings is 3. The van der Waals surface area contributed by atoms with Gasteiger partial charge in [-0.3, -0.25) is 4.79 Å². The van der Waals surface area contributed by atoms with Crippen molar-refractivity contribution in [1.82, 2.24) is 0 Å². The summed E-state index contributed by atoms with van der Waals surface area (Å²) < 4.78 is 0. The number of hydrogen-bond acceptors (Lipinski definition) is 3. The van der Waals surface area contributed by atoms with E-state index in [-0.39, 0.29) is 11.7 Å². The van der Waals surface area contributed by atoms with Gasteiger partial charge in [-0.1, -0.05) is 41.9 Å². The molecule has 1 aliphatic rings. The zero-order valence-electron chi connectivity index (χ0n) is 14.0. The van der Waals surface area contributed by atoms with Gasteiger partial charge in [0.15, 0.2) is 5.78 Å². The number of halogens is 1. The van der Waals surface area contributed by atoms with Crippen LogP contribution < -0.4 is 5.32 Å². The number of carbonyl (C=O) groups excluding carboxylic acids is 1. The van der Waals surface area contributed by atoms with Crippen LogP contribution in [0, 0.1) is 0 Å². The van der Waals surface area contributed by atoms with Crippen molar-refractivity contribution in [2.45, 2.75) is 18.6 Å². The Labute approximate surface area is 157 Å². The maximum Gasteiger partial charge on any atom is 0.193 e. The minimum absolute atomic E-state index is 0.0394. The summed E-state index contributed by atoms with van der Waals surface area (Å²) in [7, 11) is 0. The molecule has 1 heterocycles. The van der Waals surface area contributed by atoms with Crippen LogP contribution in [0.3, 0.4) is 0 Å². The summed E-state index contributed by atoms with van der Waals surface area (Å²) >= 11 is 5.91. The van der Waals surface area contributed by atoms with Gasteiger partial charge >= 0.3 is 0 Å². The molecule has 2 N–H and O–H groups in total. The molecule has 0 saturated heterocycles. The molecule has 4 heteroatoms. The predicted molar refractivity (Wildman–Crippen MR) is 104 cm³/mol. The molecular weight excluding hydrogens is 346 g/mol. The molecule has 4 rings (SSSR count). The van der Waals surface area contributed by atoms with Crippen LogP contribution in [0.2, 0.25) is 5.02 Å². The van der Waals surface area contributed by atoms with E-state index >= 15 is 0 Å². The average molecular weight is 364 g/mol. The lowest BCUT2D eigenvalue weighted by Gasteiger charge is -2.31. The molecule has 130 valence electrons. The first-order valence-electron chi connectivity index (χ1n) is 8.55. The second-order valence-corrected chi connectivity index (χ2v) is 6.93. The zero-order chi connectivity index (χ0) is 18.1. The molecule has 26 heavy (non-hydrogen) atoms. The molecule has 0 amide bonds. The van der Waals surface area contributed by atoms with Gasteiger partial charge < -0.3 is 10.4 Å². The fourth-order valence-corrected chi connectivity index (χ4v) is 3.61. The van der Waals surface area contributed by atoms with E-state index in [1.807, 2.05) is 30.3 Å². The van der Waals surface area contributed by atoms with Crippen molar-refractivity contribution in [3.8, 4) is 0 Å². The number of aliphatic hydroxyl groups is 1. The van der Waals surface area contributed by atoms with E-state index in [4.69, 9.17) is 11.6 Å². The molecular formula is C22H18ClNO2. The van der Waals surface area contributed by atoms with Crippen molar-refractivity contribution in [1.29, 1.82) is 0 Å². The Balaban J connectivity index is 1.74. The van der Waals surface area contributed by atoms with E-state index in [1.54, 1.807) is 30.3 Å². The molecule has 0 fully saturated rings. The fourth-order valence-electron chi connectivity index (χ4n) is 3.48. The van der Waals surface area contributed by atoms with Gasteiger partial charge in [0.1, 0.15) is 6.23 Å². The van der Waals surface area contributed by atoms with Crippen molar-refractivity contribution in [3.63, 3.8) is 0 Å². The Morgan fingerprint density at radius 1 is 0.962 bits per heavy atom. The fraction of sp³-hybridized carbons (Fsp3) is 0.136. The van der Waals surface area contributed by atoms with Gasteiger partial charge in [0.05, 0.1) is 0 Å². The van der Waals surface area contributed by atoms with E-state index in [0.717, 1.165) is 16.8 Å². The topological polar surface area (TPSA) is 49.3 Å². The highest BCUT2D eigenvalue weighted by molar-refractivity contribution is 6.30. The molecule has 0 aromatic heterocycles. The highest BCUT2D eigenvalue weighted by Gasteiger charge is 2.27. The van der Waals surface area contributed by atoms with Gasteiger partial charge in [-0.25, -0.2) is 0 Å². The quantitative estimate of drug-likeness (QED) is 0.655. The number of hydrogen-bond donors (Lipinski definition) is 2. The summed E-state index contributed by atoms with van der Waals surface area (Å²) in [5.41, 5.74) is 4.26. The van der Waals surface area contributed by atoms with E-state index in [2.05, 4.69) is 17.4 Å². The molecule has 2 atom stereocenters. The Kier molecular flexibility index (Phi) is 4.49. The number of rotatable bonds is 3. The van der Waals surface area contributed by atoms with Gasteiger partial charge in [-0.15, -0.1) is 0 Å². The summed E-state index contributed by atoms with van der Waals surface area (Å²) in [6.45, 7) is 0. The molecule has 3 aromatic rings. The number of nitrogens with one attached hydrogen (secondary N) is 1. The second-order valence-electron chi connectivity index (χ2n) is 6.50. The summed E-state index contributed by atoms with van der Waals surface area (Å²) in [6.07, 6.45) is -0.0409. The molecule has 0 radical (unpaired) electrons. The first kappa shape index (κ1) is 16.8. The molecule has 0 aliphatic carbocycles. The molecule has 3 aromatic carbocycles. The highest BCUT2D eigenvalue weighted by Crippen LogP contribution is 2.39. The normalized spacial score (nSPS) is 18.7. The maximum atomic E-state index is 12.8. The third-order valence-electron chi connectivity index (χ3n) is 4.78. The standard InChI is InChI=1S/C22H18ClNO2/c23-17-9-6-15(7-10-17)22(26)16-8-11-20-19(12-16)18(13-21(25)24-20)14-4-2-1-3-5-14/h1-12,18,21,24-25H,13H2. The Hall–Kier alpha value is -2.62. The summed E-state index contributed by atoms with van der Waals surface area (Å²) in [6, 6.07) is 22.6. The lowest BCUT2D eigenvalue weighted by atomic mass is 9.83. The van der Waals surface area contributed by atoms with Gasteiger partial charge in [-0.2, -0.15) is 0 Å². The van der Waals surface area contributed by atoms with Crippen LogP contribution in [0.25, 0.3) is 0 Å². The third-order valence-corrected chi connectivity index (χ3v) is 5.03. The molecule has 0 saturated carbocycles. The molecule has 0 bridgehead atoms. The van der Waals surface area contributed by atoms with Crippen LogP contribution in [0.1, 0.15) is 39.4 Å². The predicted octanol–water partition coefficient (Wildman–Crippen LogP) is 4.84. The number of fused-ring (bicyclic) bond motifs is 1. The van der Waals surface area contributed by atoms with E-state index in [1.165, 1.54) is 0 Å². The van der Waals surface area contributed by atoms with Crippen LogP contribution in [-0.4, -0.2) is 17.1 Å². The minimum atomic E-state index is -0.606. The summed E-state index contributed by atoms with van der Waals surface area (Å²) in [5, 5.41) is 13.9. The van der Waals surface area contributed by atoms with Crippen LogP contribution in [0.4, 0.5) is 5.69 Å². The SMILES string of the molecule is O=C(c1ccc(Cl)cc1)c1ccc2c(c1)C(c1ccccc1)CC(O)N2. The first-order valence-corrected chi connectivity index (χ1v) is 8.93. The molecule has 1 aliphatic heterocycles. The average Bonchev–Trinajstić information content (AvgIpc) is 2.68. The van der Waals surface area contributed by atoms with Gasteiger partial charge in [0.2, 0.25) is 0 Å². The largest absolute Gasteiger partial charge is 0.374 e. The lowest BCUT2D eigenvalue weighted by molar-refractivity contribution is 0.103. The number of carbonyl (C=O) groups is 1. The Bertz CT molecular complexity index is 938. The summed E-state index contributed by atoms with van der Waals surface area (Å²) in [5.74, 6) is 0.00261.